The van der Waals surface area contributed by atoms with Crippen molar-refractivity contribution in [2.75, 3.05) is 6.61 Å². The minimum absolute atomic E-state index is 0.122. The highest BCUT2D eigenvalue weighted by atomic mass is 16.5. The van der Waals surface area contributed by atoms with Crippen LogP contribution in [0.2, 0.25) is 0 Å². The molecule has 1 aliphatic carbocycles. The summed E-state index contributed by atoms with van der Waals surface area (Å²) < 4.78 is 6.06. The van der Waals surface area contributed by atoms with Gasteiger partial charge in [0.2, 0.25) is 0 Å². The summed E-state index contributed by atoms with van der Waals surface area (Å²) in [7, 11) is 0. The SMILES string of the molecule is CC1CCC2(CCCC(CO)O2)CC1. The van der Waals surface area contributed by atoms with Crippen molar-refractivity contribution in [2.24, 2.45) is 5.92 Å². The van der Waals surface area contributed by atoms with E-state index in [1.54, 1.807) is 0 Å². The molecule has 0 amide bonds. The zero-order valence-electron chi connectivity index (χ0n) is 9.17. The smallest absolute Gasteiger partial charge is 0.0813 e. The number of aliphatic hydroxyl groups is 1. The van der Waals surface area contributed by atoms with E-state index >= 15 is 0 Å². The number of ether oxygens (including phenoxy) is 1. The van der Waals surface area contributed by atoms with E-state index in [0.29, 0.717) is 0 Å². The molecule has 0 bridgehead atoms. The summed E-state index contributed by atoms with van der Waals surface area (Å²) >= 11 is 0. The fourth-order valence-corrected chi connectivity index (χ4v) is 2.91. The van der Waals surface area contributed by atoms with Crippen molar-refractivity contribution >= 4 is 0 Å². The summed E-state index contributed by atoms with van der Waals surface area (Å²) in [6.45, 7) is 2.54. The summed E-state index contributed by atoms with van der Waals surface area (Å²) in [5.41, 5.74) is 0.151. The highest BCUT2D eigenvalue weighted by molar-refractivity contribution is 4.90. The third kappa shape index (κ3) is 2.12. The van der Waals surface area contributed by atoms with Crippen LogP contribution in [0.5, 0.6) is 0 Å². The van der Waals surface area contributed by atoms with Gasteiger partial charge >= 0.3 is 0 Å². The normalized spacial score (nSPS) is 44.1. The fraction of sp³-hybridized carbons (Fsp3) is 1.00. The van der Waals surface area contributed by atoms with Gasteiger partial charge in [0.1, 0.15) is 0 Å². The molecular weight excluding hydrogens is 176 g/mol. The number of hydrogen-bond donors (Lipinski definition) is 1. The minimum Gasteiger partial charge on any atom is -0.394 e. The van der Waals surface area contributed by atoms with Gasteiger partial charge in [0.15, 0.2) is 0 Å². The van der Waals surface area contributed by atoms with Crippen molar-refractivity contribution in [1.29, 1.82) is 0 Å². The van der Waals surface area contributed by atoms with Crippen LogP contribution in [0.25, 0.3) is 0 Å². The molecule has 1 aliphatic heterocycles. The first-order chi connectivity index (χ1) is 6.74. The predicted octanol–water partition coefficient (Wildman–Crippen LogP) is 2.50. The number of aliphatic hydroxyl groups excluding tert-OH is 1. The molecule has 0 radical (unpaired) electrons. The molecule has 1 saturated carbocycles. The van der Waals surface area contributed by atoms with Gasteiger partial charge in [-0.2, -0.15) is 0 Å². The lowest BCUT2D eigenvalue weighted by Gasteiger charge is -2.44. The van der Waals surface area contributed by atoms with Crippen LogP contribution in [0.4, 0.5) is 0 Å². The van der Waals surface area contributed by atoms with E-state index in [1.165, 1.54) is 38.5 Å². The van der Waals surface area contributed by atoms with E-state index in [-0.39, 0.29) is 18.3 Å². The average Bonchev–Trinajstić information content (AvgIpc) is 2.23. The van der Waals surface area contributed by atoms with Gasteiger partial charge in [-0.15, -0.1) is 0 Å². The van der Waals surface area contributed by atoms with E-state index in [9.17, 15) is 0 Å². The molecule has 2 nitrogen and oxygen atoms in total. The Morgan fingerprint density at radius 2 is 1.93 bits per heavy atom. The van der Waals surface area contributed by atoms with Gasteiger partial charge in [0.05, 0.1) is 18.3 Å². The van der Waals surface area contributed by atoms with E-state index in [2.05, 4.69) is 6.92 Å². The van der Waals surface area contributed by atoms with E-state index in [0.717, 1.165) is 12.3 Å². The van der Waals surface area contributed by atoms with Crippen LogP contribution >= 0.6 is 0 Å². The van der Waals surface area contributed by atoms with Crippen molar-refractivity contribution in [1.82, 2.24) is 0 Å². The van der Waals surface area contributed by atoms with Gasteiger partial charge < -0.3 is 9.84 Å². The van der Waals surface area contributed by atoms with Crippen molar-refractivity contribution in [2.45, 2.75) is 63.6 Å². The van der Waals surface area contributed by atoms with E-state index < -0.39 is 0 Å². The molecule has 1 unspecified atom stereocenters. The molecule has 0 aromatic carbocycles. The lowest BCUT2D eigenvalue weighted by atomic mass is 9.75. The topological polar surface area (TPSA) is 29.5 Å². The Morgan fingerprint density at radius 1 is 1.21 bits per heavy atom. The highest BCUT2D eigenvalue weighted by Gasteiger charge is 2.39. The quantitative estimate of drug-likeness (QED) is 0.701. The van der Waals surface area contributed by atoms with Crippen LogP contribution in [0.1, 0.15) is 51.9 Å². The fourth-order valence-electron chi connectivity index (χ4n) is 2.91. The summed E-state index contributed by atoms with van der Waals surface area (Å²) in [6.07, 6.45) is 8.66. The van der Waals surface area contributed by atoms with Crippen LogP contribution in [-0.2, 0) is 4.74 Å². The Hall–Kier alpha value is -0.0800. The maximum Gasteiger partial charge on any atom is 0.0813 e. The lowest BCUT2D eigenvalue weighted by Crippen LogP contribution is -2.44. The third-order valence-corrected chi connectivity index (χ3v) is 3.96. The summed E-state index contributed by atoms with van der Waals surface area (Å²) in [4.78, 5) is 0. The second-order valence-electron chi connectivity index (χ2n) is 5.18. The Balaban J connectivity index is 1.94. The van der Waals surface area contributed by atoms with Gasteiger partial charge in [-0.3, -0.25) is 0 Å². The highest BCUT2D eigenvalue weighted by Crippen LogP contribution is 2.41. The molecule has 1 atom stereocenters. The average molecular weight is 198 g/mol. The lowest BCUT2D eigenvalue weighted by molar-refractivity contribution is -0.160. The molecule has 14 heavy (non-hydrogen) atoms. The maximum atomic E-state index is 9.13. The molecule has 1 heterocycles. The zero-order valence-corrected chi connectivity index (χ0v) is 9.17. The molecule has 2 aliphatic rings. The summed E-state index contributed by atoms with van der Waals surface area (Å²) in [5, 5.41) is 9.13. The van der Waals surface area contributed by atoms with Gasteiger partial charge in [0, 0.05) is 0 Å². The Kier molecular flexibility index (Phi) is 3.13. The first-order valence-corrected chi connectivity index (χ1v) is 6.03. The monoisotopic (exact) mass is 198 g/mol. The van der Waals surface area contributed by atoms with Crippen LogP contribution in [0, 0.1) is 5.92 Å². The van der Waals surface area contributed by atoms with E-state index in [1.807, 2.05) is 0 Å². The molecule has 82 valence electrons. The van der Waals surface area contributed by atoms with Crippen molar-refractivity contribution in [3.8, 4) is 0 Å². The van der Waals surface area contributed by atoms with Crippen LogP contribution in [0.3, 0.4) is 0 Å². The standard InChI is InChI=1S/C12H22O2/c1-10-4-7-12(8-5-10)6-2-3-11(9-13)14-12/h10-11,13H,2-9H2,1H3. The predicted molar refractivity (Wildman–Crippen MR) is 56.2 cm³/mol. The Morgan fingerprint density at radius 3 is 2.57 bits per heavy atom. The molecule has 1 N–H and O–H groups in total. The second kappa shape index (κ2) is 4.19. The molecule has 2 heteroatoms. The molecule has 2 fully saturated rings. The summed E-state index contributed by atoms with van der Waals surface area (Å²) in [6, 6.07) is 0. The van der Waals surface area contributed by atoms with Crippen LogP contribution in [-0.4, -0.2) is 23.4 Å². The van der Waals surface area contributed by atoms with Crippen LogP contribution < -0.4 is 0 Å². The van der Waals surface area contributed by atoms with Crippen molar-refractivity contribution < 1.29 is 9.84 Å². The van der Waals surface area contributed by atoms with Crippen LogP contribution in [0.15, 0.2) is 0 Å². The molecule has 0 aromatic rings. The number of hydrogen-bond acceptors (Lipinski definition) is 2. The van der Waals surface area contributed by atoms with Gasteiger partial charge in [0.25, 0.3) is 0 Å². The second-order valence-corrected chi connectivity index (χ2v) is 5.18. The molecule has 2 rings (SSSR count). The van der Waals surface area contributed by atoms with Gasteiger partial charge in [-0.1, -0.05) is 6.92 Å². The molecule has 1 spiro atoms. The van der Waals surface area contributed by atoms with Gasteiger partial charge in [-0.05, 0) is 50.9 Å². The Labute approximate surface area is 86.6 Å². The number of rotatable bonds is 1. The molecular formula is C12H22O2. The third-order valence-electron chi connectivity index (χ3n) is 3.96. The van der Waals surface area contributed by atoms with Gasteiger partial charge in [-0.25, -0.2) is 0 Å². The maximum absolute atomic E-state index is 9.13. The van der Waals surface area contributed by atoms with E-state index in [4.69, 9.17) is 9.84 Å². The summed E-state index contributed by atoms with van der Waals surface area (Å²) in [5.74, 6) is 0.874. The first kappa shape index (κ1) is 10.4. The van der Waals surface area contributed by atoms with Crippen molar-refractivity contribution in [3.05, 3.63) is 0 Å². The first-order valence-electron chi connectivity index (χ1n) is 6.03. The minimum atomic E-state index is 0.122. The zero-order chi connectivity index (χ0) is 10.0. The molecule has 1 saturated heterocycles. The largest absolute Gasteiger partial charge is 0.394 e. The van der Waals surface area contributed by atoms with Crippen molar-refractivity contribution in [3.63, 3.8) is 0 Å². The Bertz CT molecular complexity index is 183. The molecule has 0 aromatic heterocycles.